The van der Waals surface area contributed by atoms with Crippen molar-refractivity contribution in [2.75, 3.05) is 19.0 Å². The van der Waals surface area contributed by atoms with Crippen molar-refractivity contribution in [1.29, 1.82) is 5.26 Å². The first-order valence-corrected chi connectivity index (χ1v) is 8.30. The van der Waals surface area contributed by atoms with Crippen molar-refractivity contribution in [2.45, 2.75) is 6.92 Å². The molecule has 0 atom stereocenters. The maximum atomic E-state index is 12.1. The number of hydrogen-bond donors (Lipinski definition) is 1. The Morgan fingerprint density at radius 1 is 1.26 bits per heavy atom. The Morgan fingerprint density at radius 3 is 2.70 bits per heavy atom. The summed E-state index contributed by atoms with van der Waals surface area (Å²) in [5, 5.41) is 12.3. The Labute approximate surface area is 162 Å². The van der Waals surface area contributed by atoms with E-state index in [9.17, 15) is 14.9 Å². The molecule has 0 aliphatic heterocycles. The molecule has 1 amide bonds. The first-order valence-electron chi connectivity index (χ1n) is 7.92. The third kappa shape index (κ3) is 5.59. The van der Waals surface area contributed by atoms with Gasteiger partial charge in [-0.1, -0.05) is 29.8 Å². The molecule has 0 radical (unpaired) electrons. The van der Waals surface area contributed by atoms with Crippen LogP contribution >= 0.6 is 11.6 Å². The number of nitrogens with one attached hydrogen (secondary N) is 1. The Balaban J connectivity index is 2.00. The molecule has 0 spiro atoms. The fourth-order valence-electron chi connectivity index (χ4n) is 2.17. The van der Waals surface area contributed by atoms with Crippen LogP contribution in [0.25, 0.3) is 6.08 Å². The van der Waals surface area contributed by atoms with Gasteiger partial charge in [-0.3, -0.25) is 4.79 Å². The molecule has 0 unspecified atom stereocenters. The SMILES string of the molecule is COc1cccc(/C=C(\C#N)C(=O)OCC(=O)Nc2cccc(Cl)c2C)c1. The standard InChI is InChI=1S/C20H17ClN2O4/c1-13-17(21)7-4-8-18(13)23-19(24)12-27-20(25)15(11-22)9-14-5-3-6-16(10-14)26-2/h3-10H,12H2,1-2H3,(H,23,24)/b15-9+. The minimum Gasteiger partial charge on any atom is -0.497 e. The monoisotopic (exact) mass is 384 g/mol. The van der Waals surface area contributed by atoms with Crippen LogP contribution in [0.5, 0.6) is 5.75 Å². The van der Waals surface area contributed by atoms with Crippen molar-refractivity contribution in [3.8, 4) is 11.8 Å². The second-order valence-electron chi connectivity index (χ2n) is 5.48. The van der Waals surface area contributed by atoms with E-state index in [1.54, 1.807) is 55.5 Å². The topological polar surface area (TPSA) is 88.4 Å². The highest BCUT2D eigenvalue weighted by Crippen LogP contribution is 2.22. The van der Waals surface area contributed by atoms with E-state index in [1.807, 2.05) is 0 Å². The number of nitrogens with zero attached hydrogens (tertiary/aromatic N) is 1. The molecule has 0 saturated heterocycles. The van der Waals surface area contributed by atoms with Crippen LogP contribution in [0.2, 0.25) is 5.02 Å². The lowest BCUT2D eigenvalue weighted by molar-refractivity contribution is -0.142. The van der Waals surface area contributed by atoms with E-state index < -0.39 is 18.5 Å². The molecule has 27 heavy (non-hydrogen) atoms. The van der Waals surface area contributed by atoms with Gasteiger partial charge in [0.1, 0.15) is 17.4 Å². The van der Waals surface area contributed by atoms with Gasteiger partial charge < -0.3 is 14.8 Å². The summed E-state index contributed by atoms with van der Waals surface area (Å²) in [4.78, 5) is 24.0. The van der Waals surface area contributed by atoms with Gasteiger partial charge in [0.25, 0.3) is 5.91 Å². The van der Waals surface area contributed by atoms with Crippen LogP contribution in [-0.4, -0.2) is 25.6 Å². The summed E-state index contributed by atoms with van der Waals surface area (Å²) in [5.41, 5.74) is 1.60. The van der Waals surface area contributed by atoms with E-state index in [1.165, 1.54) is 13.2 Å². The smallest absolute Gasteiger partial charge is 0.349 e. The number of methoxy groups -OCH3 is 1. The molecule has 6 nitrogen and oxygen atoms in total. The molecule has 138 valence electrons. The largest absolute Gasteiger partial charge is 0.497 e. The van der Waals surface area contributed by atoms with Crippen molar-refractivity contribution in [3.63, 3.8) is 0 Å². The summed E-state index contributed by atoms with van der Waals surface area (Å²) in [7, 11) is 1.52. The van der Waals surface area contributed by atoms with Crippen LogP contribution in [-0.2, 0) is 14.3 Å². The zero-order valence-corrected chi connectivity index (χ0v) is 15.5. The summed E-state index contributed by atoms with van der Waals surface area (Å²) >= 11 is 5.99. The molecule has 0 saturated carbocycles. The van der Waals surface area contributed by atoms with Gasteiger partial charge in [-0.2, -0.15) is 5.26 Å². The van der Waals surface area contributed by atoms with Crippen molar-refractivity contribution >= 4 is 35.2 Å². The van der Waals surface area contributed by atoms with Gasteiger partial charge >= 0.3 is 5.97 Å². The van der Waals surface area contributed by atoms with Crippen molar-refractivity contribution in [1.82, 2.24) is 0 Å². The number of nitriles is 1. The molecule has 0 aliphatic rings. The van der Waals surface area contributed by atoms with E-state index in [4.69, 9.17) is 21.1 Å². The van der Waals surface area contributed by atoms with Gasteiger partial charge in [0.15, 0.2) is 6.61 Å². The second-order valence-corrected chi connectivity index (χ2v) is 5.89. The summed E-state index contributed by atoms with van der Waals surface area (Å²) in [6.45, 7) is 1.23. The number of carbonyl (C=O) groups is 2. The zero-order valence-electron chi connectivity index (χ0n) is 14.8. The third-order valence-corrected chi connectivity index (χ3v) is 4.03. The van der Waals surface area contributed by atoms with E-state index in [0.717, 1.165) is 0 Å². The number of amides is 1. The van der Waals surface area contributed by atoms with Crippen LogP contribution in [0.1, 0.15) is 11.1 Å². The summed E-state index contributed by atoms with van der Waals surface area (Å²) < 4.78 is 10.0. The normalized spacial score (nSPS) is 10.7. The number of anilines is 1. The Morgan fingerprint density at radius 2 is 2.00 bits per heavy atom. The molecule has 2 aromatic carbocycles. The number of ether oxygens (including phenoxy) is 2. The lowest BCUT2D eigenvalue weighted by Gasteiger charge is -2.09. The highest BCUT2D eigenvalue weighted by Gasteiger charge is 2.14. The predicted molar refractivity (Wildman–Crippen MR) is 102 cm³/mol. The predicted octanol–water partition coefficient (Wildman–Crippen LogP) is 3.75. The molecular weight excluding hydrogens is 368 g/mol. The molecular formula is C20H17ClN2O4. The first kappa shape index (κ1) is 20.0. The maximum absolute atomic E-state index is 12.1. The average Bonchev–Trinajstić information content (AvgIpc) is 2.68. The third-order valence-electron chi connectivity index (χ3n) is 3.62. The molecule has 0 bridgehead atoms. The molecule has 0 heterocycles. The molecule has 0 fully saturated rings. The molecule has 1 N–H and O–H groups in total. The van der Waals surface area contributed by atoms with E-state index in [-0.39, 0.29) is 5.57 Å². The zero-order chi connectivity index (χ0) is 19.8. The van der Waals surface area contributed by atoms with Crippen molar-refractivity contribution in [2.24, 2.45) is 0 Å². The lowest BCUT2D eigenvalue weighted by atomic mass is 10.1. The van der Waals surface area contributed by atoms with Gasteiger partial charge in [-0.05, 0) is 48.4 Å². The molecule has 0 aromatic heterocycles. The number of esters is 1. The lowest BCUT2D eigenvalue weighted by Crippen LogP contribution is -2.21. The first-order chi connectivity index (χ1) is 12.9. The molecule has 0 aliphatic carbocycles. The van der Waals surface area contributed by atoms with E-state index >= 15 is 0 Å². The minimum atomic E-state index is -0.890. The highest BCUT2D eigenvalue weighted by atomic mass is 35.5. The number of benzene rings is 2. The number of halogens is 1. The van der Waals surface area contributed by atoms with Crippen LogP contribution in [0.3, 0.4) is 0 Å². The van der Waals surface area contributed by atoms with E-state index in [0.29, 0.717) is 27.6 Å². The molecule has 2 rings (SSSR count). The number of carbonyl (C=O) groups excluding carboxylic acids is 2. The van der Waals surface area contributed by atoms with Crippen LogP contribution in [0.4, 0.5) is 5.69 Å². The van der Waals surface area contributed by atoms with Crippen molar-refractivity contribution in [3.05, 3.63) is 64.2 Å². The molecule has 2 aromatic rings. The van der Waals surface area contributed by atoms with Gasteiger partial charge in [0.05, 0.1) is 7.11 Å². The minimum absolute atomic E-state index is 0.227. The summed E-state index contributed by atoms with van der Waals surface area (Å²) in [6.07, 6.45) is 1.36. The van der Waals surface area contributed by atoms with E-state index in [2.05, 4.69) is 5.32 Å². The highest BCUT2D eigenvalue weighted by molar-refractivity contribution is 6.31. The van der Waals surface area contributed by atoms with Crippen LogP contribution in [0.15, 0.2) is 48.0 Å². The van der Waals surface area contributed by atoms with Crippen molar-refractivity contribution < 1.29 is 19.1 Å². The Hall–Kier alpha value is -3.30. The fraction of sp³-hybridized carbons (Fsp3) is 0.150. The maximum Gasteiger partial charge on any atom is 0.349 e. The van der Waals surface area contributed by atoms with Gasteiger partial charge in [0.2, 0.25) is 0 Å². The van der Waals surface area contributed by atoms with Crippen LogP contribution in [0, 0.1) is 18.3 Å². The fourth-order valence-corrected chi connectivity index (χ4v) is 2.35. The number of rotatable bonds is 6. The second kappa shape index (κ2) is 9.41. The van der Waals surface area contributed by atoms with Gasteiger partial charge in [0, 0.05) is 10.7 Å². The average molecular weight is 385 g/mol. The Kier molecular flexibility index (Phi) is 6.98. The van der Waals surface area contributed by atoms with Gasteiger partial charge in [-0.15, -0.1) is 0 Å². The summed E-state index contributed by atoms with van der Waals surface area (Å²) in [6, 6.07) is 13.7. The number of hydrogen-bond acceptors (Lipinski definition) is 5. The Bertz CT molecular complexity index is 932. The summed E-state index contributed by atoms with van der Waals surface area (Å²) in [5.74, 6) is -0.837. The quantitative estimate of drug-likeness (QED) is 0.465. The van der Waals surface area contributed by atoms with Crippen LogP contribution < -0.4 is 10.1 Å². The molecule has 7 heteroatoms. The van der Waals surface area contributed by atoms with Gasteiger partial charge in [-0.25, -0.2) is 4.79 Å².